The zero-order valence-corrected chi connectivity index (χ0v) is 8.98. The maximum absolute atomic E-state index is 10.8. The van der Waals surface area contributed by atoms with Gasteiger partial charge < -0.3 is 9.84 Å². The number of halogens is 1. The smallest absolute Gasteiger partial charge is 0.333 e. The van der Waals surface area contributed by atoms with Gasteiger partial charge in [0.2, 0.25) is 0 Å². The molecule has 1 aromatic rings. The molecule has 0 radical (unpaired) electrons. The lowest BCUT2D eigenvalue weighted by Gasteiger charge is -2.12. The first kappa shape index (κ1) is 12.0. The van der Waals surface area contributed by atoms with Crippen molar-refractivity contribution >= 4 is 17.6 Å². The van der Waals surface area contributed by atoms with E-state index >= 15 is 0 Å². The molecule has 3 nitrogen and oxygen atoms in total. The van der Waals surface area contributed by atoms with Gasteiger partial charge in [-0.05, 0) is 5.56 Å². The van der Waals surface area contributed by atoms with Crippen LogP contribution >= 0.6 is 11.6 Å². The van der Waals surface area contributed by atoms with Crippen molar-refractivity contribution in [2.45, 2.75) is 12.5 Å². The van der Waals surface area contributed by atoms with Gasteiger partial charge in [-0.2, -0.15) is 0 Å². The number of carboxylic acid groups (broad SMARTS) is 1. The molecule has 15 heavy (non-hydrogen) atoms. The Kier molecular flexibility index (Phi) is 5.15. The average molecular weight is 229 g/mol. The minimum atomic E-state index is -0.955. The van der Waals surface area contributed by atoms with Crippen LogP contribution < -0.4 is 0 Å². The normalized spacial score (nSPS) is 12.3. The molecule has 4 heteroatoms. The number of carbonyl (C=O) groups is 1. The summed E-state index contributed by atoms with van der Waals surface area (Å²) in [5.41, 5.74) is 0.944. The maximum atomic E-state index is 10.8. The summed E-state index contributed by atoms with van der Waals surface area (Å²) < 4.78 is 5.13. The van der Waals surface area contributed by atoms with Crippen LogP contribution in [0.3, 0.4) is 0 Å². The summed E-state index contributed by atoms with van der Waals surface area (Å²) in [6.07, 6.45) is -0.446. The van der Waals surface area contributed by atoms with Crippen LogP contribution in [0.2, 0.25) is 0 Å². The molecule has 0 aromatic heterocycles. The molecular weight excluding hydrogens is 216 g/mol. The highest BCUT2D eigenvalue weighted by molar-refractivity contribution is 6.17. The second-order valence-corrected chi connectivity index (χ2v) is 3.45. The monoisotopic (exact) mass is 228 g/mol. The van der Waals surface area contributed by atoms with Gasteiger partial charge in [-0.3, -0.25) is 0 Å². The Morgan fingerprint density at radius 3 is 2.60 bits per heavy atom. The molecule has 0 saturated carbocycles. The van der Waals surface area contributed by atoms with Crippen molar-refractivity contribution in [3.8, 4) is 0 Å². The molecule has 0 aliphatic carbocycles. The standard InChI is InChI=1S/C11H13ClO3/c12-6-7-15-10(11(13)14)8-9-4-2-1-3-5-9/h1-5,10H,6-8H2,(H,13,14). The number of rotatable bonds is 6. The topological polar surface area (TPSA) is 46.5 Å². The number of benzene rings is 1. The summed E-state index contributed by atoms with van der Waals surface area (Å²) in [7, 11) is 0. The van der Waals surface area contributed by atoms with Crippen molar-refractivity contribution in [3.63, 3.8) is 0 Å². The van der Waals surface area contributed by atoms with E-state index in [-0.39, 0.29) is 6.61 Å². The molecule has 82 valence electrons. The Hall–Kier alpha value is -1.06. The Morgan fingerprint density at radius 1 is 1.40 bits per heavy atom. The summed E-state index contributed by atoms with van der Waals surface area (Å²) in [6, 6.07) is 9.38. The van der Waals surface area contributed by atoms with E-state index in [0.29, 0.717) is 12.3 Å². The van der Waals surface area contributed by atoms with E-state index in [1.807, 2.05) is 30.3 Å². The van der Waals surface area contributed by atoms with Gasteiger partial charge in [0.15, 0.2) is 6.10 Å². The van der Waals surface area contributed by atoms with E-state index in [1.54, 1.807) is 0 Å². The van der Waals surface area contributed by atoms with Crippen LogP contribution in [-0.2, 0) is 16.0 Å². The molecule has 0 aliphatic heterocycles. The predicted molar refractivity (Wildman–Crippen MR) is 58.2 cm³/mol. The summed E-state index contributed by atoms with van der Waals surface area (Å²) in [5, 5.41) is 8.89. The lowest BCUT2D eigenvalue weighted by Crippen LogP contribution is -2.27. The van der Waals surface area contributed by atoms with Crippen molar-refractivity contribution < 1.29 is 14.6 Å². The SMILES string of the molecule is O=C(O)C(Cc1ccccc1)OCCCl. The van der Waals surface area contributed by atoms with Gasteiger partial charge in [0, 0.05) is 12.3 Å². The van der Waals surface area contributed by atoms with E-state index in [2.05, 4.69) is 0 Å². The summed E-state index contributed by atoms with van der Waals surface area (Å²) >= 11 is 5.44. The third-order valence-corrected chi connectivity index (χ3v) is 2.09. The first-order chi connectivity index (χ1) is 7.24. The minimum Gasteiger partial charge on any atom is -0.479 e. The van der Waals surface area contributed by atoms with Gasteiger partial charge in [-0.15, -0.1) is 11.6 Å². The predicted octanol–water partition coefficient (Wildman–Crippen LogP) is 1.94. The summed E-state index contributed by atoms with van der Waals surface area (Å²) in [4.78, 5) is 10.8. The molecular formula is C11H13ClO3. The van der Waals surface area contributed by atoms with Crippen LogP contribution in [0.1, 0.15) is 5.56 Å². The molecule has 0 amide bonds. The second-order valence-electron chi connectivity index (χ2n) is 3.08. The number of aliphatic carboxylic acids is 1. The van der Waals surface area contributed by atoms with E-state index in [1.165, 1.54) is 0 Å². The highest BCUT2D eigenvalue weighted by Gasteiger charge is 2.17. The van der Waals surface area contributed by atoms with Crippen molar-refractivity contribution in [2.75, 3.05) is 12.5 Å². The Bertz CT molecular complexity index is 300. The zero-order chi connectivity index (χ0) is 11.1. The largest absolute Gasteiger partial charge is 0.479 e. The fourth-order valence-corrected chi connectivity index (χ4v) is 1.32. The molecule has 0 bridgehead atoms. The second kappa shape index (κ2) is 6.43. The lowest BCUT2D eigenvalue weighted by molar-refractivity contribution is -0.149. The molecule has 1 N–H and O–H groups in total. The zero-order valence-electron chi connectivity index (χ0n) is 8.23. The van der Waals surface area contributed by atoms with Gasteiger partial charge in [0.05, 0.1) is 6.61 Å². The molecule has 0 aliphatic rings. The number of ether oxygens (including phenoxy) is 1. The highest BCUT2D eigenvalue weighted by Crippen LogP contribution is 2.06. The van der Waals surface area contributed by atoms with Crippen LogP contribution in [0.15, 0.2) is 30.3 Å². The Balaban J connectivity index is 2.55. The van der Waals surface area contributed by atoms with Crippen LogP contribution in [0.5, 0.6) is 0 Å². The van der Waals surface area contributed by atoms with Crippen molar-refractivity contribution in [1.82, 2.24) is 0 Å². The molecule has 0 spiro atoms. The van der Waals surface area contributed by atoms with E-state index in [4.69, 9.17) is 21.4 Å². The van der Waals surface area contributed by atoms with Crippen LogP contribution in [0, 0.1) is 0 Å². The Morgan fingerprint density at radius 2 is 2.07 bits per heavy atom. The van der Waals surface area contributed by atoms with Crippen molar-refractivity contribution in [2.24, 2.45) is 0 Å². The molecule has 0 fully saturated rings. The average Bonchev–Trinajstić information content (AvgIpc) is 2.25. The van der Waals surface area contributed by atoms with E-state index in [0.717, 1.165) is 5.56 Å². The summed E-state index contributed by atoms with van der Waals surface area (Å²) in [5.74, 6) is -0.651. The molecule has 1 atom stereocenters. The molecule has 1 unspecified atom stereocenters. The Labute approximate surface area is 93.6 Å². The van der Waals surface area contributed by atoms with Crippen LogP contribution in [0.4, 0.5) is 0 Å². The van der Waals surface area contributed by atoms with Crippen LogP contribution in [0.25, 0.3) is 0 Å². The number of hydrogen-bond acceptors (Lipinski definition) is 2. The lowest BCUT2D eigenvalue weighted by atomic mass is 10.1. The van der Waals surface area contributed by atoms with Crippen molar-refractivity contribution in [1.29, 1.82) is 0 Å². The van der Waals surface area contributed by atoms with E-state index < -0.39 is 12.1 Å². The quantitative estimate of drug-likeness (QED) is 0.757. The van der Waals surface area contributed by atoms with Gasteiger partial charge >= 0.3 is 5.97 Å². The van der Waals surface area contributed by atoms with Crippen molar-refractivity contribution in [3.05, 3.63) is 35.9 Å². The number of alkyl halides is 1. The van der Waals surface area contributed by atoms with Gasteiger partial charge in [0.1, 0.15) is 0 Å². The van der Waals surface area contributed by atoms with Gasteiger partial charge in [0.25, 0.3) is 0 Å². The first-order valence-corrected chi connectivity index (χ1v) is 5.22. The fourth-order valence-electron chi connectivity index (χ4n) is 1.23. The highest BCUT2D eigenvalue weighted by atomic mass is 35.5. The molecule has 1 rings (SSSR count). The van der Waals surface area contributed by atoms with Gasteiger partial charge in [-0.1, -0.05) is 30.3 Å². The third kappa shape index (κ3) is 4.32. The van der Waals surface area contributed by atoms with Gasteiger partial charge in [-0.25, -0.2) is 4.79 Å². The molecule has 1 aromatic carbocycles. The molecule has 0 heterocycles. The van der Waals surface area contributed by atoms with E-state index in [9.17, 15) is 4.79 Å². The minimum absolute atomic E-state index is 0.255. The number of carboxylic acids is 1. The summed E-state index contributed by atoms with van der Waals surface area (Å²) in [6.45, 7) is 0.255. The first-order valence-electron chi connectivity index (χ1n) is 4.68. The third-order valence-electron chi connectivity index (χ3n) is 1.94. The molecule has 0 saturated heterocycles. The fraction of sp³-hybridized carbons (Fsp3) is 0.364. The number of hydrogen-bond donors (Lipinski definition) is 1. The maximum Gasteiger partial charge on any atom is 0.333 e. The van der Waals surface area contributed by atoms with Crippen LogP contribution in [-0.4, -0.2) is 29.7 Å².